The van der Waals surface area contributed by atoms with Gasteiger partial charge in [-0.1, -0.05) is 22.9 Å². The van der Waals surface area contributed by atoms with Crippen LogP contribution >= 0.6 is 15.9 Å². The second-order valence-corrected chi connectivity index (χ2v) is 5.98. The van der Waals surface area contributed by atoms with Crippen molar-refractivity contribution in [3.63, 3.8) is 0 Å². The molecule has 0 unspecified atom stereocenters. The van der Waals surface area contributed by atoms with Crippen LogP contribution in [-0.2, 0) is 11.3 Å². The summed E-state index contributed by atoms with van der Waals surface area (Å²) in [6.07, 6.45) is 0.944. The van der Waals surface area contributed by atoms with E-state index in [1.807, 2.05) is 6.92 Å². The van der Waals surface area contributed by atoms with Crippen molar-refractivity contribution in [1.29, 1.82) is 0 Å². The Morgan fingerprint density at radius 3 is 2.46 bits per heavy atom. The Bertz CT molecular complexity index is 676. The third kappa shape index (κ3) is 5.85. The zero-order chi connectivity index (χ0) is 17.4. The highest BCUT2D eigenvalue weighted by molar-refractivity contribution is 9.10. The molecule has 0 heterocycles. The maximum atomic E-state index is 13.2. The largest absolute Gasteiger partial charge is 0.494 e. The first kappa shape index (κ1) is 18.3. The van der Waals surface area contributed by atoms with Crippen LogP contribution in [-0.4, -0.2) is 19.1 Å². The van der Waals surface area contributed by atoms with Crippen LogP contribution < -0.4 is 14.8 Å². The minimum Gasteiger partial charge on any atom is -0.494 e. The highest BCUT2D eigenvalue weighted by Crippen LogP contribution is 2.18. The fraction of sp³-hybridized carbons (Fsp3) is 0.278. The normalized spacial score (nSPS) is 10.3. The molecule has 0 aromatic heterocycles. The van der Waals surface area contributed by atoms with Crippen molar-refractivity contribution in [2.24, 2.45) is 0 Å². The lowest BCUT2D eigenvalue weighted by atomic mass is 10.2. The van der Waals surface area contributed by atoms with Crippen LogP contribution in [0.2, 0.25) is 0 Å². The Balaban J connectivity index is 1.77. The smallest absolute Gasteiger partial charge is 0.258 e. The second kappa shape index (κ2) is 9.27. The fourth-order valence-electron chi connectivity index (χ4n) is 1.92. The van der Waals surface area contributed by atoms with E-state index >= 15 is 0 Å². The summed E-state index contributed by atoms with van der Waals surface area (Å²) in [6.45, 7) is 2.82. The first-order chi connectivity index (χ1) is 11.6. The number of benzene rings is 2. The lowest BCUT2D eigenvalue weighted by molar-refractivity contribution is -0.123. The lowest BCUT2D eigenvalue weighted by Crippen LogP contribution is -2.28. The molecule has 0 spiro atoms. The van der Waals surface area contributed by atoms with E-state index in [2.05, 4.69) is 21.2 Å². The average Bonchev–Trinajstić information content (AvgIpc) is 2.59. The molecular weight excluding hydrogens is 377 g/mol. The van der Waals surface area contributed by atoms with Gasteiger partial charge in [-0.25, -0.2) is 4.39 Å². The summed E-state index contributed by atoms with van der Waals surface area (Å²) in [5.41, 5.74) is 0.667. The summed E-state index contributed by atoms with van der Waals surface area (Å²) < 4.78 is 24.8. The van der Waals surface area contributed by atoms with E-state index in [0.717, 1.165) is 16.6 Å². The number of carbonyl (C=O) groups excluding carboxylic acids is 1. The van der Waals surface area contributed by atoms with Crippen LogP contribution in [0.25, 0.3) is 0 Å². The Hall–Kier alpha value is -2.08. The quantitative estimate of drug-likeness (QED) is 0.732. The number of amides is 1. The number of halogens is 2. The summed E-state index contributed by atoms with van der Waals surface area (Å²) >= 11 is 3.32. The number of rotatable bonds is 8. The molecule has 1 N–H and O–H groups in total. The molecule has 0 aliphatic carbocycles. The predicted molar refractivity (Wildman–Crippen MR) is 93.7 cm³/mol. The third-order valence-electron chi connectivity index (χ3n) is 3.15. The zero-order valence-electron chi connectivity index (χ0n) is 13.4. The second-order valence-electron chi connectivity index (χ2n) is 5.12. The van der Waals surface area contributed by atoms with E-state index in [4.69, 9.17) is 9.47 Å². The highest BCUT2D eigenvalue weighted by atomic mass is 79.9. The summed E-state index contributed by atoms with van der Waals surface area (Å²) in [7, 11) is 0. The number of carbonyl (C=O) groups is 1. The molecule has 0 saturated heterocycles. The molecule has 2 aromatic carbocycles. The molecular formula is C18H19BrFNO3. The number of ether oxygens (including phenoxy) is 2. The van der Waals surface area contributed by atoms with Gasteiger partial charge in [0.1, 0.15) is 17.3 Å². The zero-order valence-corrected chi connectivity index (χ0v) is 14.9. The number of hydrogen-bond acceptors (Lipinski definition) is 3. The van der Waals surface area contributed by atoms with Crippen molar-refractivity contribution in [1.82, 2.24) is 5.32 Å². The summed E-state index contributed by atoms with van der Waals surface area (Å²) in [5.74, 6) is 0.729. The molecule has 0 fully saturated rings. The molecule has 2 aromatic rings. The summed E-state index contributed by atoms with van der Waals surface area (Å²) in [4.78, 5) is 11.8. The van der Waals surface area contributed by atoms with E-state index in [1.54, 1.807) is 30.3 Å². The van der Waals surface area contributed by atoms with Crippen molar-refractivity contribution in [3.05, 3.63) is 58.3 Å². The van der Waals surface area contributed by atoms with Gasteiger partial charge in [-0.05, 0) is 54.4 Å². The van der Waals surface area contributed by atoms with Crippen molar-refractivity contribution >= 4 is 21.8 Å². The molecule has 4 nitrogen and oxygen atoms in total. The van der Waals surface area contributed by atoms with Gasteiger partial charge in [-0.3, -0.25) is 4.79 Å². The Kier molecular flexibility index (Phi) is 7.06. The summed E-state index contributed by atoms with van der Waals surface area (Å²) in [6, 6.07) is 11.4. The van der Waals surface area contributed by atoms with Gasteiger partial charge in [0, 0.05) is 11.0 Å². The maximum absolute atomic E-state index is 13.2. The topological polar surface area (TPSA) is 47.6 Å². The Morgan fingerprint density at radius 1 is 1.12 bits per heavy atom. The van der Waals surface area contributed by atoms with Gasteiger partial charge in [-0.2, -0.15) is 0 Å². The van der Waals surface area contributed by atoms with Crippen LogP contribution in [0.1, 0.15) is 18.9 Å². The molecule has 1 amide bonds. The van der Waals surface area contributed by atoms with Crippen molar-refractivity contribution < 1.29 is 18.7 Å². The molecule has 24 heavy (non-hydrogen) atoms. The van der Waals surface area contributed by atoms with Crippen molar-refractivity contribution in [3.8, 4) is 11.5 Å². The van der Waals surface area contributed by atoms with Crippen LogP contribution in [0.15, 0.2) is 46.9 Å². The van der Waals surface area contributed by atoms with Gasteiger partial charge in [0.2, 0.25) is 0 Å². The van der Waals surface area contributed by atoms with Gasteiger partial charge >= 0.3 is 0 Å². The van der Waals surface area contributed by atoms with Crippen LogP contribution in [0.3, 0.4) is 0 Å². The molecule has 0 aliphatic heterocycles. The van der Waals surface area contributed by atoms with Gasteiger partial charge in [0.15, 0.2) is 6.61 Å². The van der Waals surface area contributed by atoms with Gasteiger partial charge in [0.05, 0.1) is 6.61 Å². The first-order valence-corrected chi connectivity index (χ1v) is 8.44. The number of nitrogens with one attached hydrogen (secondary N) is 1. The van der Waals surface area contributed by atoms with E-state index in [0.29, 0.717) is 17.9 Å². The maximum Gasteiger partial charge on any atom is 0.258 e. The Morgan fingerprint density at radius 2 is 1.79 bits per heavy atom. The molecule has 0 atom stereocenters. The molecule has 0 saturated carbocycles. The van der Waals surface area contributed by atoms with Crippen molar-refractivity contribution in [2.45, 2.75) is 19.9 Å². The van der Waals surface area contributed by atoms with E-state index < -0.39 is 0 Å². The third-order valence-corrected chi connectivity index (χ3v) is 3.92. The minimum absolute atomic E-state index is 0.109. The molecule has 128 valence electrons. The predicted octanol–water partition coefficient (Wildman–Crippen LogP) is 4.07. The fourth-order valence-corrected chi connectivity index (χ4v) is 2.31. The highest BCUT2D eigenvalue weighted by Gasteiger charge is 2.06. The SMILES string of the molecule is CCCOc1ccc(OCC(=O)NCc2cc(F)ccc2Br)cc1. The Labute approximate surface area is 149 Å². The molecule has 0 aliphatic rings. The lowest BCUT2D eigenvalue weighted by Gasteiger charge is -2.10. The molecule has 0 bridgehead atoms. The first-order valence-electron chi connectivity index (χ1n) is 7.64. The van der Waals surface area contributed by atoms with Gasteiger partial charge < -0.3 is 14.8 Å². The monoisotopic (exact) mass is 395 g/mol. The molecule has 2 rings (SSSR count). The van der Waals surface area contributed by atoms with E-state index in [-0.39, 0.29) is 24.9 Å². The van der Waals surface area contributed by atoms with Crippen LogP contribution in [0.5, 0.6) is 11.5 Å². The van der Waals surface area contributed by atoms with E-state index in [9.17, 15) is 9.18 Å². The van der Waals surface area contributed by atoms with Gasteiger partial charge in [-0.15, -0.1) is 0 Å². The molecule has 6 heteroatoms. The van der Waals surface area contributed by atoms with E-state index in [1.165, 1.54) is 12.1 Å². The minimum atomic E-state index is -0.343. The van der Waals surface area contributed by atoms with Crippen LogP contribution in [0, 0.1) is 5.82 Å². The molecule has 0 radical (unpaired) electrons. The average molecular weight is 396 g/mol. The summed E-state index contributed by atoms with van der Waals surface area (Å²) in [5, 5.41) is 2.69. The standard InChI is InChI=1S/C18H19BrFNO3/c1-2-9-23-15-4-6-16(7-5-15)24-12-18(22)21-11-13-10-14(20)3-8-17(13)19/h3-8,10H,2,9,11-12H2,1H3,(H,21,22). The van der Waals surface area contributed by atoms with Gasteiger partial charge in [0.25, 0.3) is 5.91 Å². The van der Waals surface area contributed by atoms with Crippen molar-refractivity contribution in [2.75, 3.05) is 13.2 Å². The number of hydrogen-bond donors (Lipinski definition) is 1. The van der Waals surface area contributed by atoms with Crippen LogP contribution in [0.4, 0.5) is 4.39 Å².